The summed E-state index contributed by atoms with van der Waals surface area (Å²) in [7, 11) is 4.68. The summed E-state index contributed by atoms with van der Waals surface area (Å²) in [6.45, 7) is 0.609. The Bertz CT molecular complexity index is 398. The minimum absolute atomic E-state index is 0.0234. The Hall–Kier alpha value is -1.82. The van der Waals surface area contributed by atoms with Crippen LogP contribution in [0.15, 0.2) is 16.7 Å². The molecule has 17 heavy (non-hydrogen) atoms. The molecule has 0 fully saturated rings. The molecule has 1 aromatic heterocycles. The summed E-state index contributed by atoms with van der Waals surface area (Å²) in [5.41, 5.74) is 0.364. The molecule has 0 aromatic carbocycles. The second-order valence-electron chi connectivity index (χ2n) is 3.68. The smallest absolute Gasteiger partial charge is 0.341 e. The van der Waals surface area contributed by atoms with Crippen molar-refractivity contribution in [3.05, 3.63) is 23.7 Å². The van der Waals surface area contributed by atoms with E-state index in [9.17, 15) is 9.59 Å². The Morgan fingerprint density at radius 2 is 2.18 bits per heavy atom. The summed E-state index contributed by atoms with van der Waals surface area (Å²) < 4.78 is 9.69. The summed E-state index contributed by atoms with van der Waals surface area (Å²) in [5.74, 6) is 0.117. The van der Waals surface area contributed by atoms with Crippen molar-refractivity contribution in [3.63, 3.8) is 0 Å². The van der Waals surface area contributed by atoms with Gasteiger partial charge in [-0.3, -0.25) is 4.79 Å². The number of nitrogens with zero attached hydrogens (tertiary/aromatic N) is 1. The van der Waals surface area contributed by atoms with Crippen LogP contribution >= 0.6 is 0 Å². The zero-order valence-electron chi connectivity index (χ0n) is 10.1. The van der Waals surface area contributed by atoms with E-state index in [1.165, 1.54) is 18.3 Å². The first-order valence-electron chi connectivity index (χ1n) is 5.11. The molecule has 0 saturated heterocycles. The van der Waals surface area contributed by atoms with Gasteiger partial charge in [-0.15, -0.1) is 0 Å². The zero-order valence-corrected chi connectivity index (χ0v) is 10.1. The third-order valence-corrected chi connectivity index (χ3v) is 2.15. The number of amides is 1. The van der Waals surface area contributed by atoms with E-state index in [-0.39, 0.29) is 12.5 Å². The predicted octanol–water partition coefficient (Wildman–Crippen LogP) is 0.244. The van der Waals surface area contributed by atoms with E-state index < -0.39 is 5.97 Å². The number of carbonyl (C=O) groups excluding carboxylic acids is 2. The van der Waals surface area contributed by atoms with Crippen LogP contribution in [0.2, 0.25) is 0 Å². The van der Waals surface area contributed by atoms with Gasteiger partial charge in [0.15, 0.2) is 0 Å². The lowest BCUT2D eigenvalue weighted by Gasteiger charge is -2.09. The van der Waals surface area contributed by atoms with E-state index in [4.69, 9.17) is 4.42 Å². The highest BCUT2D eigenvalue weighted by atomic mass is 16.5. The zero-order chi connectivity index (χ0) is 12.8. The van der Waals surface area contributed by atoms with Gasteiger partial charge in [-0.25, -0.2) is 4.79 Å². The molecule has 0 atom stereocenters. The molecule has 0 radical (unpaired) electrons. The quantitative estimate of drug-likeness (QED) is 0.747. The number of hydrogen-bond acceptors (Lipinski definition) is 5. The van der Waals surface area contributed by atoms with Crippen LogP contribution in [0, 0.1) is 0 Å². The maximum absolute atomic E-state index is 11.3. The number of furan rings is 1. The van der Waals surface area contributed by atoms with Crippen LogP contribution in [0.5, 0.6) is 0 Å². The fourth-order valence-corrected chi connectivity index (χ4v) is 1.15. The van der Waals surface area contributed by atoms with Crippen LogP contribution in [0.3, 0.4) is 0 Å². The van der Waals surface area contributed by atoms with Gasteiger partial charge >= 0.3 is 5.97 Å². The predicted molar refractivity (Wildman–Crippen MR) is 60.4 cm³/mol. The van der Waals surface area contributed by atoms with E-state index in [0.717, 1.165) is 0 Å². The molecule has 1 aromatic rings. The van der Waals surface area contributed by atoms with Crippen LogP contribution in [0.4, 0.5) is 0 Å². The first-order chi connectivity index (χ1) is 8.04. The molecular weight excluding hydrogens is 224 g/mol. The summed E-state index contributed by atoms with van der Waals surface area (Å²) in [6, 6.07) is 1.58. The monoisotopic (exact) mass is 240 g/mol. The molecule has 94 valence electrons. The fraction of sp³-hybridized carbons (Fsp3) is 0.455. The molecule has 1 rings (SSSR count). The van der Waals surface area contributed by atoms with Gasteiger partial charge < -0.3 is 19.4 Å². The molecule has 1 amide bonds. The third kappa shape index (κ3) is 3.92. The average molecular weight is 240 g/mol. The summed E-state index contributed by atoms with van der Waals surface area (Å²) in [6.07, 6.45) is 1.33. The average Bonchev–Trinajstić information content (AvgIpc) is 2.76. The van der Waals surface area contributed by atoms with E-state index >= 15 is 0 Å². The number of nitrogens with one attached hydrogen (secondary N) is 1. The van der Waals surface area contributed by atoms with Gasteiger partial charge in [-0.1, -0.05) is 0 Å². The van der Waals surface area contributed by atoms with Crippen molar-refractivity contribution in [1.82, 2.24) is 10.2 Å². The molecular formula is C11H16N2O4. The van der Waals surface area contributed by atoms with Gasteiger partial charge in [-0.2, -0.15) is 0 Å². The molecule has 0 spiro atoms. The lowest BCUT2D eigenvalue weighted by Crippen LogP contribution is -2.32. The maximum Gasteiger partial charge on any atom is 0.341 e. The summed E-state index contributed by atoms with van der Waals surface area (Å²) in [5, 5.41) is 2.92. The highest BCUT2D eigenvalue weighted by Gasteiger charge is 2.10. The van der Waals surface area contributed by atoms with Crippen LogP contribution in [0.1, 0.15) is 16.1 Å². The number of likely N-dealkylation sites (N-methyl/N-ethyl adjacent to an activating group) is 1. The number of ether oxygens (including phenoxy) is 1. The van der Waals surface area contributed by atoms with Gasteiger partial charge in [0.25, 0.3) is 0 Å². The normalized spacial score (nSPS) is 10.1. The fourth-order valence-electron chi connectivity index (χ4n) is 1.15. The Morgan fingerprint density at radius 3 is 2.76 bits per heavy atom. The highest BCUT2D eigenvalue weighted by Crippen LogP contribution is 2.08. The summed E-state index contributed by atoms with van der Waals surface area (Å²) in [4.78, 5) is 23.9. The van der Waals surface area contributed by atoms with Gasteiger partial charge in [0, 0.05) is 14.1 Å². The molecule has 1 heterocycles. The molecule has 0 saturated carbocycles. The number of rotatable bonds is 5. The molecule has 0 aliphatic rings. The van der Waals surface area contributed by atoms with Crippen molar-refractivity contribution in [2.45, 2.75) is 6.54 Å². The van der Waals surface area contributed by atoms with Crippen LogP contribution in [-0.2, 0) is 16.1 Å². The van der Waals surface area contributed by atoms with Crippen molar-refractivity contribution in [2.24, 2.45) is 0 Å². The first kappa shape index (κ1) is 13.2. The standard InChI is InChI=1S/C11H16N2O4/c1-13(2)10(14)6-12-5-9-4-8(7-17-9)11(15)16-3/h4,7,12H,5-6H2,1-3H3. The SMILES string of the molecule is COC(=O)c1coc(CNCC(=O)N(C)C)c1. The highest BCUT2D eigenvalue weighted by molar-refractivity contribution is 5.88. The van der Waals surface area contributed by atoms with Crippen LogP contribution in [0.25, 0.3) is 0 Å². The van der Waals surface area contributed by atoms with Gasteiger partial charge in [0.1, 0.15) is 12.0 Å². The minimum atomic E-state index is -0.440. The Morgan fingerprint density at radius 1 is 1.47 bits per heavy atom. The molecule has 0 unspecified atom stereocenters. The van der Waals surface area contributed by atoms with Crippen LogP contribution in [-0.4, -0.2) is 44.5 Å². The van der Waals surface area contributed by atoms with Gasteiger partial charge in [0.05, 0.1) is 25.8 Å². The largest absolute Gasteiger partial charge is 0.467 e. The number of methoxy groups -OCH3 is 1. The van der Waals surface area contributed by atoms with Crippen molar-refractivity contribution in [2.75, 3.05) is 27.7 Å². The molecule has 0 aliphatic heterocycles. The summed E-state index contributed by atoms with van der Waals surface area (Å²) >= 11 is 0. The first-order valence-corrected chi connectivity index (χ1v) is 5.11. The van der Waals surface area contributed by atoms with Crippen LogP contribution < -0.4 is 5.32 Å². The molecule has 6 heteroatoms. The van der Waals surface area contributed by atoms with E-state index in [1.54, 1.807) is 20.2 Å². The van der Waals surface area contributed by atoms with E-state index in [2.05, 4.69) is 10.1 Å². The second-order valence-corrected chi connectivity index (χ2v) is 3.68. The van der Waals surface area contributed by atoms with E-state index in [0.29, 0.717) is 17.9 Å². The minimum Gasteiger partial charge on any atom is -0.467 e. The lowest BCUT2D eigenvalue weighted by molar-refractivity contribution is -0.127. The van der Waals surface area contributed by atoms with Gasteiger partial charge in [0.2, 0.25) is 5.91 Å². The van der Waals surface area contributed by atoms with Crippen molar-refractivity contribution in [3.8, 4) is 0 Å². The Kier molecular flexibility index (Phi) is 4.71. The topological polar surface area (TPSA) is 71.8 Å². The molecule has 6 nitrogen and oxygen atoms in total. The Labute approximate surface area is 99.5 Å². The van der Waals surface area contributed by atoms with Crippen molar-refractivity contribution >= 4 is 11.9 Å². The van der Waals surface area contributed by atoms with Crippen molar-refractivity contribution in [1.29, 1.82) is 0 Å². The van der Waals surface area contributed by atoms with E-state index in [1.807, 2.05) is 0 Å². The number of hydrogen-bond donors (Lipinski definition) is 1. The van der Waals surface area contributed by atoms with Crippen molar-refractivity contribution < 1.29 is 18.7 Å². The maximum atomic E-state index is 11.3. The molecule has 0 bridgehead atoms. The number of esters is 1. The van der Waals surface area contributed by atoms with Gasteiger partial charge in [-0.05, 0) is 6.07 Å². The lowest BCUT2D eigenvalue weighted by atomic mass is 10.3. The Balaban J connectivity index is 2.40. The molecule has 1 N–H and O–H groups in total. The third-order valence-electron chi connectivity index (χ3n) is 2.15. The molecule has 0 aliphatic carbocycles. The second kappa shape index (κ2) is 6.05. The number of carbonyl (C=O) groups is 2.